The summed E-state index contributed by atoms with van der Waals surface area (Å²) in [5.74, 6) is 1.74. The van der Waals surface area contributed by atoms with Gasteiger partial charge in [-0.05, 0) is 32.1 Å². The Balaban J connectivity index is 2.62. The second kappa shape index (κ2) is 6.09. The highest BCUT2D eigenvalue weighted by atomic mass is 32.2. The fraction of sp³-hybridized carbons (Fsp3) is 0.667. The summed E-state index contributed by atoms with van der Waals surface area (Å²) < 4.78 is 0.318. The zero-order valence-corrected chi connectivity index (χ0v) is 11.4. The Morgan fingerprint density at radius 3 is 2.56 bits per heavy atom. The minimum atomic E-state index is 0.318. The van der Waals surface area contributed by atoms with E-state index in [9.17, 15) is 0 Å². The van der Waals surface area contributed by atoms with Crippen molar-refractivity contribution in [1.82, 2.24) is 9.97 Å². The largest absolute Gasteiger partial charge is 0.369 e. The summed E-state index contributed by atoms with van der Waals surface area (Å²) in [6.45, 7) is 7.35. The van der Waals surface area contributed by atoms with Gasteiger partial charge in [-0.2, -0.15) is 11.8 Å². The standard InChI is InChI=1S/C12H21N3S/c1-5-12(6-2,16-4)9-14-11-7-8-13-10(3)15-11/h7-8H,5-6,9H2,1-4H3,(H,13,14,15). The van der Waals surface area contributed by atoms with E-state index in [0.717, 1.165) is 18.2 Å². The van der Waals surface area contributed by atoms with E-state index in [1.165, 1.54) is 12.8 Å². The minimum Gasteiger partial charge on any atom is -0.369 e. The normalized spacial score (nSPS) is 11.5. The molecule has 1 heterocycles. The quantitative estimate of drug-likeness (QED) is 0.827. The molecule has 0 radical (unpaired) electrons. The van der Waals surface area contributed by atoms with Gasteiger partial charge in [0.05, 0.1) is 0 Å². The number of nitrogens with zero attached hydrogens (tertiary/aromatic N) is 2. The van der Waals surface area contributed by atoms with Crippen LogP contribution in [0.2, 0.25) is 0 Å². The number of hydrogen-bond acceptors (Lipinski definition) is 4. The summed E-state index contributed by atoms with van der Waals surface area (Å²) in [5.41, 5.74) is 0. The van der Waals surface area contributed by atoms with E-state index in [0.29, 0.717) is 4.75 Å². The van der Waals surface area contributed by atoms with Gasteiger partial charge in [-0.15, -0.1) is 0 Å². The van der Waals surface area contributed by atoms with E-state index in [1.54, 1.807) is 6.20 Å². The van der Waals surface area contributed by atoms with Gasteiger partial charge in [-0.3, -0.25) is 0 Å². The molecule has 4 heteroatoms. The van der Waals surface area contributed by atoms with E-state index in [-0.39, 0.29) is 0 Å². The average Bonchev–Trinajstić information content (AvgIpc) is 2.32. The minimum absolute atomic E-state index is 0.318. The summed E-state index contributed by atoms with van der Waals surface area (Å²) in [6, 6.07) is 1.92. The van der Waals surface area contributed by atoms with Crippen LogP contribution in [0.25, 0.3) is 0 Å². The topological polar surface area (TPSA) is 37.8 Å². The van der Waals surface area contributed by atoms with Crippen LogP contribution < -0.4 is 5.32 Å². The highest BCUT2D eigenvalue weighted by Crippen LogP contribution is 2.30. The third kappa shape index (κ3) is 3.37. The van der Waals surface area contributed by atoms with Gasteiger partial charge in [0.15, 0.2) is 0 Å². The number of nitrogens with one attached hydrogen (secondary N) is 1. The lowest BCUT2D eigenvalue weighted by Crippen LogP contribution is -2.32. The number of aromatic nitrogens is 2. The van der Waals surface area contributed by atoms with Gasteiger partial charge in [-0.25, -0.2) is 9.97 Å². The molecule has 0 aromatic carbocycles. The molecule has 16 heavy (non-hydrogen) atoms. The van der Waals surface area contributed by atoms with Crippen molar-refractivity contribution < 1.29 is 0 Å². The van der Waals surface area contributed by atoms with Crippen molar-refractivity contribution in [2.75, 3.05) is 18.1 Å². The molecular formula is C12H21N3S. The third-order valence-corrected chi connectivity index (χ3v) is 4.68. The first-order valence-electron chi connectivity index (χ1n) is 5.74. The molecule has 1 aromatic rings. The maximum atomic E-state index is 4.35. The van der Waals surface area contributed by atoms with Crippen LogP contribution in [0.1, 0.15) is 32.5 Å². The van der Waals surface area contributed by atoms with E-state index < -0.39 is 0 Å². The van der Waals surface area contributed by atoms with E-state index >= 15 is 0 Å². The molecule has 0 saturated carbocycles. The molecule has 0 unspecified atom stereocenters. The molecule has 0 amide bonds. The van der Waals surface area contributed by atoms with Crippen molar-refractivity contribution in [2.45, 2.75) is 38.4 Å². The van der Waals surface area contributed by atoms with Crippen LogP contribution in [0.3, 0.4) is 0 Å². The van der Waals surface area contributed by atoms with Crippen LogP contribution in [-0.2, 0) is 0 Å². The Kier molecular flexibility index (Phi) is 5.06. The van der Waals surface area contributed by atoms with E-state index in [1.807, 2.05) is 24.8 Å². The number of thioether (sulfide) groups is 1. The van der Waals surface area contributed by atoms with Crippen LogP contribution in [0, 0.1) is 6.92 Å². The van der Waals surface area contributed by atoms with Crippen molar-refractivity contribution in [3.05, 3.63) is 18.1 Å². The molecule has 1 rings (SSSR count). The maximum Gasteiger partial charge on any atom is 0.129 e. The molecule has 0 aliphatic rings. The lowest BCUT2D eigenvalue weighted by Gasteiger charge is -2.30. The Morgan fingerprint density at radius 1 is 1.38 bits per heavy atom. The lowest BCUT2D eigenvalue weighted by atomic mass is 10.0. The Labute approximate surface area is 102 Å². The highest BCUT2D eigenvalue weighted by molar-refractivity contribution is 8.00. The van der Waals surface area contributed by atoms with Crippen LogP contribution in [-0.4, -0.2) is 27.5 Å². The molecule has 1 N–H and O–H groups in total. The van der Waals surface area contributed by atoms with Crippen LogP contribution >= 0.6 is 11.8 Å². The maximum absolute atomic E-state index is 4.35. The Hall–Kier alpha value is -0.770. The van der Waals surface area contributed by atoms with Crippen LogP contribution in [0.5, 0.6) is 0 Å². The molecule has 0 saturated heterocycles. The van der Waals surface area contributed by atoms with Crippen molar-refractivity contribution >= 4 is 17.6 Å². The first kappa shape index (κ1) is 13.3. The second-order valence-corrected chi connectivity index (χ2v) is 5.21. The molecule has 0 spiro atoms. The van der Waals surface area contributed by atoms with Gasteiger partial charge in [0.1, 0.15) is 11.6 Å². The first-order chi connectivity index (χ1) is 7.65. The number of hydrogen-bond donors (Lipinski definition) is 1. The number of anilines is 1. The fourth-order valence-corrected chi connectivity index (χ4v) is 2.46. The third-order valence-electron chi connectivity index (χ3n) is 3.09. The molecule has 0 fully saturated rings. The molecule has 0 aliphatic heterocycles. The van der Waals surface area contributed by atoms with Crippen molar-refractivity contribution in [3.8, 4) is 0 Å². The lowest BCUT2D eigenvalue weighted by molar-refractivity contribution is 0.574. The summed E-state index contributed by atoms with van der Waals surface area (Å²) in [5, 5.41) is 3.41. The van der Waals surface area contributed by atoms with Gasteiger partial charge in [0.2, 0.25) is 0 Å². The SMILES string of the molecule is CCC(CC)(CNc1ccnc(C)n1)SC. The van der Waals surface area contributed by atoms with Gasteiger partial charge >= 0.3 is 0 Å². The van der Waals surface area contributed by atoms with Crippen molar-refractivity contribution in [2.24, 2.45) is 0 Å². The molecule has 3 nitrogen and oxygen atoms in total. The molecule has 1 aromatic heterocycles. The van der Waals surface area contributed by atoms with Crippen LogP contribution in [0.15, 0.2) is 12.3 Å². The molecule has 0 bridgehead atoms. The summed E-state index contributed by atoms with van der Waals surface area (Å²) in [6.07, 6.45) is 6.31. The zero-order chi connectivity index (χ0) is 12.0. The van der Waals surface area contributed by atoms with Gasteiger partial charge < -0.3 is 5.32 Å². The fourth-order valence-electron chi connectivity index (χ4n) is 1.67. The van der Waals surface area contributed by atoms with Gasteiger partial charge in [0, 0.05) is 17.5 Å². The number of rotatable bonds is 6. The van der Waals surface area contributed by atoms with Crippen molar-refractivity contribution in [3.63, 3.8) is 0 Å². The molecule has 0 atom stereocenters. The average molecular weight is 239 g/mol. The van der Waals surface area contributed by atoms with Gasteiger partial charge in [0.25, 0.3) is 0 Å². The molecular weight excluding hydrogens is 218 g/mol. The first-order valence-corrected chi connectivity index (χ1v) is 6.97. The predicted octanol–water partition coefficient (Wildman–Crippen LogP) is 3.12. The summed E-state index contributed by atoms with van der Waals surface area (Å²) in [4.78, 5) is 8.44. The highest BCUT2D eigenvalue weighted by Gasteiger charge is 2.24. The Bertz CT molecular complexity index is 316. The smallest absolute Gasteiger partial charge is 0.129 e. The predicted molar refractivity (Wildman–Crippen MR) is 72.1 cm³/mol. The molecule has 0 aliphatic carbocycles. The summed E-state index contributed by atoms with van der Waals surface area (Å²) >= 11 is 1.93. The Morgan fingerprint density at radius 2 is 2.06 bits per heavy atom. The monoisotopic (exact) mass is 239 g/mol. The zero-order valence-electron chi connectivity index (χ0n) is 10.6. The second-order valence-electron chi connectivity index (χ2n) is 3.94. The van der Waals surface area contributed by atoms with Crippen LogP contribution in [0.4, 0.5) is 5.82 Å². The number of aryl methyl sites for hydroxylation is 1. The van der Waals surface area contributed by atoms with E-state index in [4.69, 9.17) is 0 Å². The van der Waals surface area contributed by atoms with E-state index in [2.05, 4.69) is 35.4 Å². The van der Waals surface area contributed by atoms with Crippen molar-refractivity contribution in [1.29, 1.82) is 0 Å². The van der Waals surface area contributed by atoms with Gasteiger partial charge in [-0.1, -0.05) is 13.8 Å². The molecule has 90 valence electrons. The summed E-state index contributed by atoms with van der Waals surface area (Å²) in [7, 11) is 0.